The van der Waals surface area contributed by atoms with Gasteiger partial charge in [-0.1, -0.05) is 12.8 Å². The van der Waals surface area contributed by atoms with Crippen LogP contribution in [0.5, 0.6) is 0 Å². The van der Waals surface area contributed by atoms with Gasteiger partial charge in [-0.2, -0.15) is 0 Å². The Morgan fingerprint density at radius 1 is 1.28 bits per heavy atom. The van der Waals surface area contributed by atoms with E-state index in [1.54, 1.807) is 35.2 Å². The first-order valence-electron chi connectivity index (χ1n) is 8.18. The van der Waals surface area contributed by atoms with Crippen molar-refractivity contribution < 1.29 is 14.7 Å². The minimum atomic E-state index is -1.10. The van der Waals surface area contributed by atoms with Crippen LogP contribution in [-0.4, -0.2) is 27.5 Å². The summed E-state index contributed by atoms with van der Waals surface area (Å²) in [6.07, 6.45) is 2.65. The van der Waals surface area contributed by atoms with E-state index in [9.17, 15) is 14.7 Å². The van der Waals surface area contributed by atoms with Crippen LogP contribution in [0.15, 0.2) is 34.5 Å². The van der Waals surface area contributed by atoms with Crippen LogP contribution in [0.1, 0.15) is 46.7 Å². The Balaban J connectivity index is 1.61. The molecule has 1 aliphatic carbocycles. The van der Waals surface area contributed by atoms with E-state index < -0.39 is 11.5 Å². The first-order chi connectivity index (χ1) is 12.0. The number of aryl methyl sites for hydroxylation is 1. The second-order valence-electron chi connectivity index (χ2n) is 6.22. The molecule has 1 heterocycles. The number of hydrogen-bond donors (Lipinski definition) is 2. The van der Waals surface area contributed by atoms with Gasteiger partial charge in [-0.05, 0) is 44.0 Å². The Kier molecular flexibility index (Phi) is 5.44. The molecule has 25 heavy (non-hydrogen) atoms. The van der Waals surface area contributed by atoms with Crippen molar-refractivity contribution in [2.75, 3.05) is 0 Å². The summed E-state index contributed by atoms with van der Waals surface area (Å²) in [6, 6.07) is 7.27. The van der Waals surface area contributed by atoms with E-state index in [-0.39, 0.29) is 5.91 Å². The second-order valence-corrected chi connectivity index (χ2v) is 8.33. The Hall–Kier alpha value is -1.86. The van der Waals surface area contributed by atoms with Gasteiger partial charge in [0.1, 0.15) is 5.54 Å². The van der Waals surface area contributed by atoms with E-state index >= 15 is 0 Å². The van der Waals surface area contributed by atoms with E-state index in [0.29, 0.717) is 18.4 Å². The molecule has 2 N–H and O–H groups in total. The average Bonchev–Trinajstić information content (AvgIpc) is 3.23. The minimum absolute atomic E-state index is 0.323. The van der Waals surface area contributed by atoms with Crippen molar-refractivity contribution in [2.24, 2.45) is 0 Å². The highest BCUT2D eigenvalue weighted by atomic mass is 32.2. The molecule has 1 amide bonds. The van der Waals surface area contributed by atoms with Crippen molar-refractivity contribution in [3.8, 4) is 0 Å². The van der Waals surface area contributed by atoms with Crippen LogP contribution < -0.4 is 5.32 Å². The molecular formula is C18H20N2O3S2. The van der Waals surface area contributed by atoms with Gasteiger partial charge in [0.15, 0.2) is 0 Å². The van der Waals surface area contributed by atoms with Gasteiger partial charge in [-0.3, -0.25) is 4.79 Å². The van der Waals surface area contributed by atoms with Gasteiger partial charge in [0.25, 0.3) is 5.91 Å². The van der Waals surface area contributed by atoms with Crippen molar-refractivity contribution in [1.82, 2.24) is 10.3 Å². The van der Waals surface area contributed by atoms with Crippen LogP contribution in [0.3, 0.4) is 0 Å². The summed E-state index contributed by atoms with van der Waals surface area (Å²) in [7, 11) is 0. The lowest BCUT2D eigenvalue weighted by Crippen LogP contribution is -2.52. The Bertz CT molecular complexity index is 765. The third-order valence-electron chi connectivity index (χ3n) is 4.39. The number of carbonyl (C=O) groups excluding carboxylic acids is 1. The summed E-state index contributed by atoms with van der Waals surface area (Å²) < 4.78 is 0. The molecule has 0 spiro atoms. The largest absolute Gasteiger partial charge is 0.480 e. The summed E-state index contributed by atoms with van der Waals surface area (Å²) in [5.41, 5.74) is 0.438. The second kappa shape index (κ2) is 7.58. The van der Waals surface area contributed by atoms with E-state index in [1.165, 1.54) is 0 Å². The SMILES string of the molecule is Cc1nc(CSc2ccc(C(=O)NC3(C(=O)O)CCCC3)cc2)cs1. The molecule has 2 aromatic rings. The summed E-state index contributed by atoms with van der Waals surface area (Å²) in [4.78, 5) is 29.4. The monoisotopic (exact) mass is 376 g/mol. The van der Waals surface area contributed by atoms with Crippen LogP contribution in [0.4, 0.5) is 0 Å². The molecule has 1 aliphatic rings. The number of nitrogens with zero attached hydrogens (tertiary/aromatic N) is 1. The quantitative estimate of drug-likeness (QED) is 0.748. The van der Waals surface area contributed by atoms with Crippen LogP contribution in [0.25, 0.3) is 0 Å². The summed E-state index contributed by atoms with van der Waals surface area (Å²) in [5.74, 6) is -0.474. The Morgan fingerprint density at radius 2 is 1.96 bits per heavy atom. The van der Waals surface area contributed by atoms with Crippen molar-refractivity contribution in [3.63, 3.8) is 0 Å². The molecule has 1 aromatic heterocycles. The third kappa shape index (κ3) is 4.22. The number of thioether (sulfide) groups is 1. The molecule has 0 radical (unpaired) electrons. The molecule has 7 heteroatoms. The molecule has 0 unspecified atom stereocenters. The van der Waals surface area contributed by atoms with E-state index in [1.807, 2.05) is 19.1 Å². The summed E-state index contributed by atoms with van der Waals surface area (Å²) in [6.45, 7) is 1.99. The molecule has 1 fully saturated rings. The number of nitrogens with one attached hydrogen (secondary N) is 1. The van der Waals surface area contributed by atoms with E-state index in [2.05, 4.69) is 15.7 Å². The number of aliphatic carboxylic acids is 1. The van der Waals surface area contributed by atoms with Gasteiger partial charge in [0, 0.05) is 21.6 Å². The molecular weight excluding hydrogens is 356 g/mol. The standard InChI is InChI=1S/C18H20N2O3S2/c1-12-19-14(10-24-12)11-25-15-6-4-13(5-7-15)16(21)20-18(17(22)23)8-2-3-9-18/h4-7,10H,2-3,8-9,11H2,1H3,(H,20,21)(H,22,23). The molecule has 1 saturated carbocycles. The van der Waals surface area contributed by atoms with Crippen molar-refractivity contribution in [2.45, 2.75) is 48.8 Å². The smallest absolute Gasteiger partial charge is 0.329 e. The molecule has 132 valence electrons. The first-order valence-corrected chi connectivity index (χ1v) is 10.0. The van der Waals surface area contributed by atoms with Crippen LogP contribution in [-0.2, 0) is 10.5 Å². The number of hydrogen-bond acceptors (Lipinski definition) is 5. The highest BCUT2D eigenvalue weighted by Crippen LogP contribution is 2.30. The predicted octanol–water partition coefficient (Wildman–Crippen LogP) is 3.87. The minimum Gasteiger partial charge on any atom is -0.480 e. The van der Waals surface area contributed by atoms with Gasteiger partial charge in [0.2, 0.25) is 0 Å². The third-order valence-corrected chi connectivity index (χ3v) is 6.26. The number of amides is 1. The lowest BCUT2D eigenvalue weighted by atomic mass is 9.97. The number of thiazole rings is 1. The highest BCUT2D eigenvalue weighted by Gasteiger charge is 2.42. The molecule has 5 nitrogen and oxygen atoms in total. The van der Waals surface area contributed by atoms with Gasteiger partial charge >= 0.3 is 5.97 Å². The molecule has 1 aromatic carbocycles. The number of carboxylic acid groups (broad SMARTS) is 1. The molecule has 0 atom stereocenters. The molecule has 3 rings (SSSR count). The normalized spacial score (nSPS) is 15.9. The van der Waals surface area contributed by atoms with Gasteiger partial charge in [0.05, 0.1) is 10.7 Å². The fourth-order valence-electron chi connectivity index (χ4n) is 2.99. The number of rotatable bonds is 6. The number of carbonyl (C=O) groups is 2. The maximum Gasteiger partial charge on any atom is 0.329 e. The predicted molar refractivity (Wildman–Crippen MR) is 99.2 cm³/mol. The van der Waals surface area contributed by atoms with Crippen molar-refractivity contribution >= 4 is 35.0 Å². The summed E-state index contributed by atoms with van der Waals surface area (Å²) in [5, 5.41) is 15.3. The fraction of sp³-hybridized carbons (Fsp3) is 0.389. The first kappa shape index (κ1) is 17.9. The molecule has 0 aliphatic heterocycles. The fourth-order valence-corrected chi connectivity index (χ4v) is 4.50. The highest BCUT2D eigenvalue weighted by molar-refractivity contribution is 7.98. The van der Waals surface area contributed by atoms with E-state index in [4.69, 9.17) is 0 Å². The van der Waals surface area contributed by atoms with Crippen molar-refractivity contribution in [1.29, 1.82) is 0 Å². The van der Waals surface area contributed by atoms with E-state index in [0.717, 1.165) is 34.2 Å². The summed E-state index contributed by atoms with van der Waals surface area (Å²) >= 11 is 3.30. The van der Waals surface area contributed by atoms with Crippen molar-refractivity contribution in [3.05, 3.63) is 45.9 Å². The number of benzene rings is 1. The maximum atomic E-state index is 12.4. The van der Waals surface area contributed by atoms with Crippen LogP contribution in [0, 0.1) is 6.92 Å². The number of aromatic nitrogens is 1. The number of carboxylic acids is 1. The molecule has 0 bridgehead atoms. The maximum absolute atomic E-state index is 12.4. The topological polar surface area (TPSA) is 79.3 Å². The zero-order valence-corrected chi connectivity index (χ0v) is 15.6. The lowest BCUT2D eigenvalue weighted by Gasteiger charge is -2.25. The van der Waals surface area contributed by atoms with Crippen LogP contribution >= 0.6 is 23.1 Å². The zero-order valence-electron chi connectivity index (χ0n) is 13.9. The van der Waals surface area contributed by atoms with Gasteiger partial charge in [-0.25, -0.2) is 9.78 Å². The lowest BCUT2D eigenvalue weighted by molar-refractivity contribution is -0.144. The zero-order chi connectivity index (χ0) is 17.9. The van der Waals surface area contributed by atoms with Crippen LogP contribution in [0.2, 0.25) is 0 Å². The van der Waals surface area contributed by atoms with Gasteiger partial charge in [-0.15, -0.1) is 23.1 Å². The Morgan fingerprint density at radius 3 is 2.52 bits per heavy atom. The van der Waals surface area contributed by atoms with Gasteiger partial charge < -0.3 is 10.4 Å². The Labute approximate surface area is 154 Å². The molecule has 0 saturated heterocycles. The average molecular weight is 377 g/mol.